The maximum atomic E-state index is 5.54. The summed E-state index contributed by atoms with van der Waals surface area (Å²) in [4.78, 5) is 12.8. The van der Waals surface area contributed by atoms with Gasteiger partial charge in [0.1, 0.15) is 5.75 Å². The van der Waals surface area contributed by atoms with Crippen LogP contribution >= 0.6 is 11.3 Å². The number of aromatic nitrogens is 1. The molecule has 2 aromatic rings. The Morgan fingerprint density at radius 3 is 2.68 bits per heavy atom. The van der Waals surface area contributed by atoms with Gasteiger partial charge >= 0.3 is 0 Å². The van der Waals surface area contributed by atoms with Crippen LogP contribution in [0.4, 0.5) is 0 Å². The minimum atomic E-state index is 0.137. The molecule has 2 rings (SSSR count). The Bertz CT molecular complexity index is 744. The Kier molecular flexibility index (Phi) is 9.23. The molecule has 0 bridgehead atoms. The number of guanidine groups is 1. The lowest BCUT2D eigenvalue weighted by Gasteiger charge is -2.25. The molecule has 7 heteroatoms. The van der Waals surface area contributed by atoms with Crippen LogP contribution in [0.2, 0.25) is 0 Å². The smallest absolute Gasteiger partial charge is 0.191 e. The molecule has 0 aliphatic carbocycles. The molecule has 1 unspecified atom stereocenters. The first-order valence-corrected chi connectivity index (χ1v) is 10.7. The Balaban J connectivity index is 2.01. The molecule has 6 nitrogen and oxygen atoms in total. The van der Waals surface area contributed by atoms with E-state index in [1.54, 1.807) is 18.4 Å². The van der Waals surface area contributed by atoms with E-state index >= 15 is 0 Å². The molecular weight excluding hydrogens is 370 g/mol. The van der Waals surface area contributed by atoms with Crippen molar-refractivity contribution in [3.8, 4) is 5.75 Å². The van der Waals surface area contributed by atoms with E-state index in [-0.39, 0.29) is 6.04 Å². The average Bonchev–Trinajstić information content (AvgIpc) is 3.16. The Morgan fingerprint density at radius 1 is 1.25 bits per heavy atom. The molecule has 1 aromatic carbocycles. The molecule has 0 aliphatic heterocycles. The summed E-state index contributed by atoms with van der Waals surface area (Å²) in [6.07, 6.45) is 3.93. The first-order chi connectivity index (χ1) is 13.6. The first-order valence-electron chi connectivity index (χ1n) is 9.84. The zero-order chi connectivity index (χ0) is 20.4. The van der Waals surface area contributed by atoms with E-state index < -0.39 is 0 Å². The summed E-state index contributed by atoms with van der Waals surface area (Å²) < 4.78 is 5.54. The summed E-state index contributed by atoms with van der Waals surface area (Å²) in [7, 11) is 5.85. The molecule has 154 valence electrons. The number of rotatable bonds is 10. The number of nitrogens with one attached hydrogen (secondary N) is 2. The summed E-state index contributed by atoms with van der Waals surface area (Å²) in [5.41, 5.74) is 1.14. The van der Waals surface area contributed by atoms with Gasteiger partial charge < -0.3 is 20.3 Å². The van der Waals surface area contributed by atoms with Crippen LogP contribution in [0.1, 0.15) is 35.3 Å². The Morgan fingerprint density at radius 2 is 2.04 bits per heavy atom. The number of methoxy groups -OCH3 is 1. The second-order valence-corrected chi connectivity index (χ2v) is 7.89. The van der Waals surface area contributed by atoms with Gasteiger partial charge in [-0.15, -0.1) is 11.3 Å². The standard InChI is InChI=1S/C21H33N5OS/c1-6-16-14-24-20(28-16)12-13-23-21(22-7-2)25-15-18(26(3)4)17-10-8-9-11-19(17)27-5/h8-11,14,18H,6-7,12-13,15H2,1-5H3,(H2,22,23,25). The molecule has 0 spiro atoms. The van der Waals surface area contributed by atoms with Crippen molar-refractivity contribution in [1.29, 1.82) is 0 Å². The summed E-state index contributed by atoms with van der Waals surface area (Å²) in [5.74, 6) is 1.72. The van der Waals surface area contributed by atoms with Crippen molar-refractivity contribution in [2.24, 2.45) is 4.99 Å². The molecule has 0 amide bonds. The molecule has 1 atom stereocenters. The second-order valence-electron chi connectivity index (χ2n) is 6.69. The molecule has 1 heterocycles. The predicted molar refractivity (Wildman–Crippen MR) is 119 cm³/mol. The number of thiazole rings is 1. The van der Waals surface area contributed by atoms with E-state index in [1.807, 2.05) is 24.4 Å². The lowest BCUT2D eigenvalue weighted by molar-refractivity contribution is 0.295. The van der Waals surface area contributed by atoms with Gasteiger partial charge in [-0.05, 0) is 33.5 Å². The van der Waals surface area contributed by atoms with Crippen LogP contribution in [-0.2, 0) is 12.8 Å². The fraction of sp³-hybridized carbons (Fsp3) is 0.524. The third-order valence-electron chi connectivity index (χ3n) is 4.47. The van der Waals surface area contributed by atoms with Crippen molar-refractivity contribution in [2.75, 3.05) is 40.8 Å². The van der Waals surface area contributed by atoms with Crippen LogP contribution < -0.4 is 15.4 Å². The van der Waals surface area contributed by atoms with Crippen molar-refractivity contribution in [3.63, 3.8) is 0 Å². The maximum Gasteiger partial charge on any atom is 0.191 e. The van der Waals surface area contributed by atoms with Gasteiger partial charge in [-0.1, -0.05) is 25.1 Å². The third-order valence-corrected chi connectivity index (χ3v) is 5.67. The minimum Gasteiger partial charge on any atom is -0.496 e. The van der Waals surface area contributed by atoms with Crippen molar-refractivity contribution in [2.45, 2.75) is 32.7 Å². The zero-order valence-electron chi connectivity index (χ0n) is 17.7. The lowest BCUT2D eigenvalue weighted by atomic mass is 10.0. The van der Waals surface area contributed by atoms with E-state index in [2.05, 4.69) is 54.5 Å². The van der Waals surface area contributed by atoms with Gasteiger partial charge in [-0.3, -0.25) is 4.99 Å². The van der Waals surface area contributed by atoms with Crippen molar-refractivity contribution < 1.29 is 4.74 Å². The quantitative estimate of drug-likeness (QED) is 0.471. The van der Waals surface area contributed by atoms with Crippen LogP contribution in [0.5, 0.6) is 5.75 Å². The summed E-state index contributed by atoms with van der Waals surface area (Å²) in [6.45, 7) is 6.51. The topological polar surface area (TPSA) is 61.8 Å². The number of hydrogen-bond acceptors (Lipinski definition) is 5. The monoisotopic (exact) mass is 403 g/mol. The van der Waals surface area contributed by atoms with E-state index in [4.69, 9.17) is 9.73 Å². The van der Waals surface area contributed by atoms with Gasteiger partial charge in [-0.2, -0.15) is 0 Å². The molecule has 1 aromatic heterocycles. The van der Waals surface area contributed by atoms with Crippen LogP contribution in [0.3, 0.4) is 0 Å². The summed E-state index contributed by atoms with van der Waals surface area (Å²) in [6, 6.07) is 8.27. The highest BCUT2D eigenvalue weighted by Crippen LogP contribution is 2.28. The molecule has 0 saturated heterocycles. The van der Waals surface area contributed by atoms with Crippen molar-refractivity contribution in [3.05, 3.63) is 45.9 Å². The normalized spacial score (nSPS) is 12.9. The van der Waals surface area contributed by atoms with Crippen molar-refractivity contribution >= 4 is 17.3 Å². The van der Waals surface area contributed by atoms with Gasteiger partial charge in [0.05, 0.1) is 24.7 Å². The van der Waals surface area contributed by atoms with Crippen LogP contribution in [0.15, 0.2) is 35.5 Å². The zero-order valence-corrected chi connectivity index (χ0v) is 18.5. The highest BCUT2D eigenvalue weighted by molar-refractivity contribution is 7.11. The molecule has 2 N–H and O–H groups in total. The SMILES string of the molecule is CCNC(=NCC(c1ccccc1OC)N(C)C)NCCc1ncc(CC)s1. The Hall–Kier alpha value is -2.12. The fourth-order valence-electron chi connectivity index (χ4n) is 2.92. The highest BCUT2D eigenvalue weighted by Gasteiger charge is 2.18. The largest absolute Gasteiger partial charge is 0.496 e. The number of benzene rings is 1. The third kappa shape index (κ3) is 6.49. The molecule has 0 fully saturated rings. The summed E-state index contributed by atoms with van der Waals surface area (Å²) in [5, 5.41) is 7.93. The Labute approximate surface area is 173 Å². The predicted octanol–water partition coefficient (Wildman–Crippen LogP) is 3.11. The summed E-state index contributed by atoms with van der Waals surface area (Å²) >= 11 is 1.79. The number of ether oxygens (including phenoxy) is 1. The number of aryl methyl sites for hydroxylation is 1. The number of likely N-dealkylation sites (N-methyl/N-ethyl adjacent to an activating group) is 1. The van der Waals surface area contributed by atoms with Gasteiger partial charge in [-0.25, -0.2) is 4.98 Å². The first kappa shape index (κ1) is 22.2. The number of nitrogens with zero attached hydrogens (tertiary/aromatic N) is 3. The van der Waals surface area contributed by atoms with Gasteiger partial charge in [0.15, 0.2) is 5.96 Å². The molecule has 28 heavy (non-hydrogen) atoms. The molecule has 0 radical (unpaired) electrons. The van der Waals surface area contributed by atoms with Crippen LogP contribution in [0, 0.1) is 0 Å². The highest BCUT2D eigenvalue weighted by atomic mass is 32.1. The molecular formula is C21H33N5OS. The van der Waals surface area contributed by atoms with E-state index in [0.717, 1.165) is 43.2 Å². The molecule has 0 saturated carbocycles. The minimum absolute atomic E-state index is 0.137. The number of aliphatic imine (C=N–C) groups is 1. The van der Waals surface area contributed by atoms with Crippen LogP contribution in [0.25, 0.3) is 0 Å². The maximum absolute atomic E-state index is 5.54. The average molecular weight is 404 g/mol. The van der Waals surface area contributed by atoms with Gasteiger partial charge in [0.25, 0.3) is 0 Å². The fourth-order valence-corrected chi connectivity index (χ4v) is 3.78. The number of hydrogen-bond donors (Lipinski definition) is 2. The molecule has 0 aliphatic rings. The second kappa shape index (κ2) is 11.7. The number of para-hydroxylation sites is 1. The van der Waals surface area contributed by atoms with E-state index in [9.17, 15) is 0 Å². The lowest BCUT2D eigenvalue weighted by Crippen LogP contribution is -2.39. The van der Waals surface area contributed by atoms with Gasteiger partial charge in [0.2, 0.25) is 0 Å². The van der Waals surface area contributed by atoms with E-state index in [1.165, 1.54) is 9.88 Å². The van der Waals surface area contributed by atoms with Crippen molar-refractivity contribution in [1.82, 2.24) is 20.5 Å². The van der Waals surface area contributed by atoms with E-state index in [0.29, 0.717) is 6.54 Å². The van der Waals surface area contributed by atoms with Gasteiger partial charge in [0, 0.05) is 36.1 Å². The van der Waals surface area contributed by atoms with Crippen LogP contribution in [-0.4, -0.2) is 56.7 Å².